The van der Waals surface area contributed by atoms with Crippen LogP contribution in [-0.4, -0.2) is 17.5 Å². The Morgan fingerprint density at radius 2 is 1.00 bits per heavy atom. The molecular weight excluding hydrogens is 463 g/mol. The third-order valence-electron chi connectivity index (χ3n) is 5.03. The topological polar surface area (TPSA) is 51.6 Å². The number of benzene rings is 2. The number of hydrogen-bond acceptors (Lipinski definition) is 8. The number of rotatable bonds is 2. The molecule has 0 aliphatic carbocycles. The lowest BCUT2D eigenvalue weighted by molar-refractivity contribution is 0.635. The average Bonchev–Trinajstić information content (AvgIpc) is 3.49. The molecule has 6 aromatic rings. The molecule has 10 heteroatoms. The van der Waals surface area contributed by atoms with Crippen molar-refractivity contribution in [1.82, 2.24) is 17.5 Å². The second kappa shape index (κ2) is 6.55. The first kappa shape index (κ1) is 18.4. The minimum absolute atomic E-state index is 0.120. The Bertz CT molecular complexity index is 1490. The molecule has 0 radical (unpaired) electrons. The summed E-state index contributed by atoms with van der Waals surface area (Å²) >= 11 is 4.84. The van der Waals surface area contributed by atoms with Crippen LogP contribution < -0.4 is 0 Å². The summed E-state index contributed by atoms with van der Waals surface area (Å²) in [6, 6.07) is 7.58. The van der Waals surface area contributed by atoms with Crippen LogP contribution in [0.2, 0.25) is 0 Å². The van der Waals surface area contributed by atoms with Crippen LogP contribution in [0.5, 0.6) is 0 Å². The fourth-order valence-corrected chi connectivity index (χ4v) is 6.68. The molecule has 0 fully saturated rings. The monoisotopic (exact) mass is 472 g/mol. The van der Waals surface area contributed by atoms with E-state index in [4.69, 9.17) is 0 Å². The van der Waals surface area contributed by atoms with Gasteiger partial charge in [0.15, 0.2) is 0 Å². The van der Waals surface area contributed by atoms with E-state index in [9.17, 15) is 0 Å². The van der Waals surface area contributed by atoms with Crippen molar-refractivity contribution in [1.29, 1.82) is 0 Å². The molecule has 0 aliphatic rings. The smallest absolute Gasteiger partial charge is 0.144 e. The Labute approximate surface area is 185 Å². The highest BCUT2D eigenvalue weighted by atomic mass is 32.1. The van der Waals surface area contributed by atoms with Gasteiger partial charge in [-0.2, -0.15) is 17.5 Å². The van der Waals surface area contributed by atoms with Gasteiger partial charge in [0.1, 0.15) is 33.7 Å². The highest BCUT2D eigenvalue weighted by molar-refractivity contribution is 7.16. The maximum atomic E-state index is 16.0. The van der Waals surface area contributed by atoms with Crippen LogP contribution in [0, 0.1) is 25.5 Å². The van der Waals surface area contributed by atoms with Gasteiger partial charge in [-0.05, 0) is 38.1 Å². The number of halogens is 2. The molecule has 4 heterocycles. The first-order valence-corrected chi connectivity index (χ1v) is 12.0. The van der Waals surface area contributed by atoms with Crippen molar-refractivity contribution in [2.45, 2.75) is 13.8 Å². The van der Waals surface area contributed by atoms with E-state index in [1.807, 2.05) is 38.1 Å². The summed E-state index contributed by atoms with van der Waals surface area (Å²) in [4.78, 5) is 3.57. The van der Waals surface area contributed by atoms with E-state index in [0.717, 1.165) is 43.0 Å². The molecule has 0 amide bonds. The van der Waals surface area contributed by atoms with Crippen LogP contribution in [-0.2, 0) is 0 Å². The van der Waals surface area contributed by atoms with Crippen molar-refractivity contribution < 1.29 is 8.78 Å². The molecule has 0 saturated carbocycles. The van der Waals surface area contributed by atoms with Crippen molar-refractivity contribution in [3.05, 3.63) is 45.7 Å². The molecule has 0 aliphatic heterocycles. The van der Waals surface area contributed by atoms with Gasteiger partial charge >= 0.3 is 0 Å². The number of nitrogens with zero attached hydrogens (tertiary/aromatic N) is 4. The summed E-state index contributed by atoms with van der Waals surface area (Å²) in [7, 11) is 0. The lowest BCUT2D eigenvalue weighted by atomic mass is 9.97. The molecule has 0 saturated heterocycles. The number of fused-ring (bicyclic) bond motifs is 5. The fourth-order valence-electron chi connectivity index (χ4n) is 3.74. The van der Waals surface area contributed by atoms with Crippen molar-refractivity contribution in [2.75, 3.05) is 0 Å². The average molecular weight is 473 g/mol. The van der Waals surface area contributed by atoms with Crippen LogP contribution in [0.4, 0.5) is 8.78 Å². The molecule has 4 nitrogen and oxygen atoms in total. The minimum Gasteiger partial charge on any atom is -0.205 e. The van der Waals surface area contributed by atoms with Crippen LogP contribution in [0.3, 0.4) is 0 Å². The first-order chi connectivity index (χ1) is 14.5. The van der Waals surface area contributed by atoms with Gasteiger partial charge in [0.2, 0.25) is 0 Å². The van der Waals surface area contributed by atoms with E-state index in [1.165, 1.54) is 22.7 Å². The third-order valence-corrected chi connectivity index (χ3v) is 8.12. The van der Waals surface area contributed by atoms with E-state index >= 15 is 8.78 Å². The number of thiophene rings is 2. The van der Waals surface area contributed by atoms with Crippen molar-refractivity contribution in [3.8, 4) is 20.9 Å². The van der Waals surface area contributed by atoms with Crippen molar-refractivity contribution in [2.24, 2.45) is 0 Å². The van der Waals surface area contributed by atoms with Gasteiger partial charge in [0.25, 0.3) is 0 Å². The van der Waals surface area contributed by atoms with Crippen LogP contribution in [0.1, 0.15) is 9.75 Å². The number of aryl methyl sites for hydroxylation is 2. The van der Waals surface area contributed by atoms with Crippen LogP contribution >= 0.6 is 46.1 Å². The molecule has 0 N–H and O–H groups in total. The summed E-state index contributed by atoms with van der Waals surface area (Å²) in [6.45, 7) is 3.92. The van der Waals surface area contributed by atoms with Gasteiger partial charge < -0.3 is 0 Å². The Hall–Kier alpha value is -2.40. The summed E-state index contributed by atoms with van der Waals surface area (Å²) in [6.07, 6.45) is 0. The van der Waals surface area contributed by atoms with E-state index < -0.39 is 11.6 Å². The van der Waals surface area contributed by atoms with Gasteiger partial charge in [-0.15, -0.1) is 22.7 Å². The maximum absolute atomic E-state index is 16.0. The van der Waals surface area contributed by atoms with E-state index in [1.54, 1.807) is 0 Å². The van der Waals surface area contributed by atoms with Gasteiger partial charge in [-0.1, -0.05) is 0 Å². The molecular formula is C20H10F2N4S4. The van der Waals surface area contributed by atoms with Gasteiger partial charge in [-0.3, -0.25) is 0 Å². The van der Waals surface area contributed by atoms with Gasteiger partial charge in [0.05, 0.1) is 45.4 Å². The summed E-state index contributed by atoms with van der Waals surface area (Å²) in [5.41, 5.74) is 2.16. The Morgan fingerprint density at radius 1 is 0.600 bits per heavy atom. The highest BCUT2D eigenvalue weighted by Gasteiger charge is 2.28. The normalized spacial score (nSPS) is 12.0. The fraction of sp³-hybridized carbons (Fsp3) is 0.100. The van der Waals surface area contributed by atoms with E-state index in [0.29, 0.717) is 33.2 Å². The molecule has 0 unspecified atom stereocenters. The van der Waals surface area contributed by atoms with Gasteiger partial charge in [0, 0.05) is 19.5 Å². The zero-order valence-corrected chi connectivity index (χ0v) is 18.8. The maximum Gasteiger partial charge on any atom is 0.144 e. The predicted octanol–water partition coefficient (Wildman–Crippen LogP) is 7.20. The van der Waals surface area contributed by atoms with Crippen molar-refractivity contribution in [3.63, 3.8) is 0 Å². The largest absolute Gasteiger partial charge is 0.205 e. The molecule has 0 bridgehead atoms. The molecule has 148 valence electrons. The third kappa shape index (κ3) is 2.45. The van der Waals surface area contributed by atoms with Crippen LogP contribution in [0.15, 0.2) is 24.3 Å². The molecule has 0 spiro atoms. The Kier molecular flexibility index (Phi) is 4.01. The second-order valence-electron chi connectivity index (χ2n) is 6.87. The molecule has 2 aromatic carbocycles. The summed E-state index contributed by atoms with van der Waals surface area (Å²) in [5, 5.41) is 0.240. The zero-order valence-electron chi connectivity index (χ0n) is 15.5. The lowest BCUT2D eigenvalue weighted by Crippen LogP contribution is -1.96. The molecule has 0 atom stereocenters. The van der Waals surface area contributed by atoms with Crippen molar-refractivity contribution >= 4 is 79.0 Å². The van der Waals surface area contributed by atoms with E-state index in [2.05, 4.69) is 17.5 Å². The molecule has 30 heavy (non-hydrogen) atoms. The standard InChI is InChI=1S/C20H10F2N4S4/c1-7-3-5-9(27-7)11-15(21)13-14(19-17(11)23-29-25-19)16(22)12(10-6-4-8(2)28-10)18-20(13)26-30-24-18/h3-6H,1-2H3. The Balaban J connectivity index is 1.86. The lowest BCUT2D eigenvalue weighted by Gasteiger charge is -2.11. The predicted molar refractivity (Wildman–Crippen MR) is 122 cm³/mol. The SMILES string of the molecule is Cc1ccc(-c2c(F)c3c4nsnc4c(-c4ccc(C)s4)c(F)c3c3nsnc23)s1. The quantitative estimate of drug-likeness (QED) is 0.267. The second-order valence-corrected chi connectivity index (χ2v) is 10.5. The molecule has 6 rings (SSSR count). The molecule has 4 aromatic heterocycles. The van der Waals surface area contributed by atoms with E-state index in [-0.39, 0.29) is 10.8 Å². The first-order valence-electron chi connectivity index (χ1n) is 8.89. The van der Waals surface area contributed by atoms with Crippen LogP contribution in [0.25, 0.3) is 53.7 Å². The van der Waals surface area contributed by atoms with Gasteiger partial charge in [-0.25, -0.2) is 8.78 Å². The summed E-state index contributed by atoms with van der Waals surface area (Å²) < 4.78 is 49.4. The number of aromatic nitrogens is 4. The minimum atomic E-state index is -0.530. The Morgan fingerprint density at radius 3 is 1.37 bits per heavy atom. The number of hydrogen-bond donors (Lipinski definition) is 0. The highest BCUT2D eigenvalue weighted by Crippen LogP contribution is 2.46. The summed E-state index contributed by atoms with van der Waals surface area (Å²) in [5.74, 6) is -1.06. The zero-order chi connectivity index (χ0) is 20.6.